The van der Waals surface area contributed by atoms with E-state index in [4.69, 9.17) is 0 Å². The molecule has 0 heterocycles. The molecule has 0 saturated heterocycles. The zero-order valence-corrected chi connectivity index (χ0v) is 34.0. The number of anilines is 3. The van der Waals surface area contributed by atoms with Gasteiger partial charge in [-0.3, -0.25) is 0 Å². The molecule has 0 aromatic heterocycles. The van der Waals surface area contributed by atoms with Crippen LogP contribution in [0.5, 0.6) is 0 Å². The van der Waals surface area contributed by atoms with Crippen LogP contribution in [-0.4, -0.2) is 0 Å². The molecule has 282 valence electrons. The van der Waals surface area contributed by atoms with E-state index in [0.717, 1.165) is 17.1 Å². The minimum atomic E-state index is -0.154. The van der Waals surface area contributed by atoms with Crippen LogP contribution in [0.2, 0.25) is 0 Å². The third kappa shape index (κ3) is 5.53. The number of hydrogen-bond acceptors (Lipinski definition) is 1. The van der Waals surface area contributed by atoms with Gasteiger partial charge in [-0.25, -0.2) is 0 Å². The molecule has 9 aromatic carbocycles. The van der Waals surface area contributed by atoms with Gasteiger partial charge < -0.3 is 4.90 Å². The van der Waals surface area contributed by atoms with Crippen LogP contribution in [0, 0.1) is 0 Å². The Balaban J connectivity index is 1.07. The third-order valence-corrected chi connectivity index (χ3v) is 13.2. The highest BCUT2D eigenvalue weighted by Gasteiger charge is 2.39. The van der Waals surface area contributed by atoms with Crippen molar-refractivity contribution in [2.45, 2.75) is 38.5 Å². The summed E-state index contributed by atoms with van der Waals surface area (Å²) in [6.45, 7) is 9.52. The van der Waals surface area contributed by atoms with Crippen molar-refractivity contribution >= 4 is 27.8 Å². The van der Waals surface area contributed by atoms with E-state index < -0.39 is 0 Å². The Kier molecular flexibility index (Phi) is 7.94. The summed E-state index contributed by atoms with van der Waals surface area (Å²) < 4.78 is 0. The lowest BCUT2D eigenvalue weighted by molar-refractivity contribution is 0.660. The van der Waals surface area contributed by atoms with Gasteiger partial charge in [0.25, 0.3) is 0 Å². The molecule has 1 heteroatoms. The average molecular weight is 756 g/mol. The van der Waals surface area contributed by atoms with E-state index in [1.807, 2.05) is 0 Å². The molecular weight excluding hydrogens is 711 g/mol. The minimum absolute atomic E-state index is 0.102. The van der Waals surface area contributed by atoms with E-state index >= 15 is 0 Å². The van der Waals surface area contributed by atoms with Crippen molar-refractivity contribution < 1.29 is 0 Å². The molecule has 0 atom stereocenters. The summed E-state index contributed by atoms with van der Waals surface area (Å²) in [5.41, 5.74) is 21.4. The molecule has 0 saturated carbocycles. The third-order valence-electron chi connectivity index (χ3n) is 13.2. The maximum Gasteiger partial charge on any atom is 0.0465 e. The lowest BCUT2D eigenvalue weighted by atomic mass is 9.79. The smallest absolute Gasteiger partial charge is 0.0465 e. The summed E-state index contributed by atoms with van der Waals surface area (Å²) in [4.78, 5) is 2.42. The van der Waals surface area contributed by atoms with Crippen LogP contribution >= 0.6 is 0 Å². The monoisotopic (exact) mass is 755 g/mol. The Morgan fingerprint density at radius 3 is 1.56 bits per heavy atom. The Bertz CT molecular complexity index is 3060. The molecule has 0 fully saturated rings. The van der Waals surface area contributed by atoms with E-state index in [-0.39, 0.29) is 10.8 Å². The number of benzene rings is 9. The van der Waals surface area contributed by atoms with Crippen LogP contribution in [0.3, 0.4) is 0 Å². The van der Waals surface area contributed by atoms with E-state index in [2.05, 4.69) is 233 Å². The van der Waals surface area contributed by atoms with Crippen molar-refractivity contribution in [2.24, 2.45) is 0 Å². The Hall–Kier alpha value is -6.96. The van der Waals surface area contributed by atoms with Gasteiger partial charge in [0.2, 0.25) is 0 Å². The van der Waals surface area contributed by atoms with Gasteiger partial charge in [-0.15, -0.1) is 0 Å². The standard InChI is InChI=1S/C58H45N/c1-57(2)52-22-14-13-21-48(52)49-33-32-46(37-54(49)57)59(44-28-23-40(24-29-44)38-15-7-5-8-16-38)45-30-25-41(26-31-45)50-36-43-19-11-12-20-47(43)56-55(50)51-35-42(39-17-9-6-10-18-39)27-34-53(51)58(56,3)4/h5-37H,1-4H3. The largest absolute Gasteiger partial charge is 0.310 e. The Morgan fingerprint density at radius 1 is 0.322 bits per heavy atom. The van der Waals surface area contributed by atoms with Gasteiger partial charge in [0.05, 0.1) is 0 Å². The van der Waals surface area contributed by atoms with Crippen LogP contribution in [-0.2, 0) is 10.8 Å². The van der Waals surface area contributed by atoms with E-state index in [1.165, 1.54) is 88.7 Å². The molecule has 0 N–H and O–H groups in total. The number of hydrogen-bond donors (Lipinski definition) is 0. The van der Waals surface area contributed by atoms with Crippen LogP contribution in [0.4, 0.5) is 17.1 Å². The highest BCUT2D eigenvalue weighted by atomic mass is 15.1. The fourth-order valence-corrected chi connectivity index (χ4v) is 10.2. The average Bonchev–Trinajstić information content (AvgIpc) is 3.66. The second-order valence-corrected chi connectivity index (χ2v) is 17.3. The highest BCUT2D eigenvalue weighted by molar-refractivity contribution is 6.05. The predicted octanol–water partition coefficient (Wildman–Crippen LogP) is 15.9. The minimum Gasteiger partial charge on any atom is -0.310 e. The molecule has 0 bridgehead atoms. The van der Waals surface area contributed by atoms with Crippen LogP contribution in [0.15, 0.2) is 200 Å². The molecule has 0 aliphatic heterocycles. The van der Waals surface area contributed by atoms with Crippen molar-refractivity contribution in [3.05, 3.63) is 222 Å². The van der Waals surface area contributed by atoms with Gasteiger partial charge in [0.1, 0.15) is 0 Å². The molecule has 9 aromatic rings. The summed E-state index contributed by atoms with van der Waals surface area (Å²) >= 11 is 0. The molecule has 11 rings (SSSR count). The molecule has 0 radical (unpaired) electrons. The zero-order valence-electron chi connectivity index (χ0n) is 34.0. The molecular formula is C58H45N. The number of rotatable bonds is 6. The highest BCUT2D eigenvalue weighted by Crippen LogP contribution is 2.56. The second-order valence-electron chi connectivity index (χ2n) is 17.3. The first-order chi connectivity index (χ1) is 28.8. The summed E-state index contributed by atoms with van der Waals surface area (Å²) in [6.07, 6.45) is 0. The first-order valence-electron chi connectivity index (χ1n) is 20.8. The number of nitrogens with zero attached hydrogens (tertiary/aromatic N) is 1. The Labute approximate surface area is 347 Å². The van der Waals surface area contributed by atoms with E-state index in [0.29, 0.717) is 0 Å². The van der Waals surface area contributed by atoms with Gasteiger partial charge in [0.15, 0.2) is 0 Å². The van der Waals surface area contributed by atoms with Crippen LogP contribution in [0.1, 0.15) is 49.9 Å². The van der Waals surface area contributed by atoms with Gasteiger partial charge >= 0.3 is 0 Å². The Morgan fingerprint density at radius 2 is 0.847 bits per heavy atom. The molecule has 0 spiro atoms. The predicted molar refractivity (Wildman–Crippen MR) is 250 cm³/mol. The molecule has 1 nitrogen and oxygen atoms in total. The maximum atomic E-state index is 2.43. The molecule has 2 aliphatic rings. The van der Waals surface area contributed by atoms with E-state index in [1.54, 1.807) is 0 Å². The summed E-state index contributed by atoms with van der Waals surface area (Å²) in [7, 11) is 0. The molecule has 59 heavy (non-hydrogen) atoms. The zero-order chi connectivity index (χ0) is 39.9. The van der Waals surface area contributed by atoms with Gasteiger partial charge in [0, 0.05) is 27.9 Å². The van der Waals surface area contributed by atoms with Gasteiger partial charge in [-0.1, -0.05) is 179 Å². The van der Waals surface area contributed by atoms with Crippen molar-refractivity contribution in [3.8, 4) is 55.6 Å². The number of fused-ring (bicyclic) bond motifs is 8. The first-order valence-corrected chi connectivity index (χ1v) is 20.8. The normalized spacial score (nSPS) is 14.0. The molecule has 0 unspecified atom stereocenters. The summed E-state index contributed by atoms with van der Waals surface area (Å²) in [5, 5.41) is 2.61. The second kappa shape index (κ2) is 13.3. The van der Waals surface area contributed by atoms with Crippen LogP contribution in [0.25, 0.3) is 66.4 Å². The first kappa shape index (κ1) is 35.2. The summed E-state index contributed by atoms with van der Waals surface area (Å²) in [5.74, 6) is 0. The van der Waals surface area contributed by atoms with Gasteiger partial charge in [-0.05, 0) is 137 Å². The lowest BCUT2D eigenvalue weighted by Crippen LogP contribution is -2.16. The van der Waals surface area contributed by atoms with Gasteiger partial charge in [-0.2, -0.15) is 0 Å². The van der Waals surface area contributed by atoms with Crippen molar-refractivity contribution in [2.75, 3.05) is 4.90 Å². The van der Waals surface area contributed by atoms with Crippen molar-refractivity contribution in [1.82, 2.24) is 0 Å². The van der Waals surface area contributed by atoms with Crippen molar-refractivity contribution in [1.29, 1.82) is 0 Å². The van der Waals surface area contributed by atoms with Crippen LogP contribution < -0.4 is 4.90 Å². The molecule has 2 aliphatic carbocycles. The lowest BCUT2D eigenvalue weighted by Gasteiger charge is -2.28. The topological polar surface area (TPSA) is 3.24 Å². The quantitative estimate of drug-likeness (QED) is 0.163. The SMILES string of the molecule is CC1(C)c2ccccc2-c2ccc(N(c3ccc(-c4ccccc4)cc3)c3ccc(-c4cc5ccccc5c5c4-c4cc(-c6ccccc6)ccc4C5(C)C)cc3)cc21. The maximum absolute atomic E-state index is 2.43. The molecule has 0 amide bonds. The fraction of sp³-hybridized carbons (Fsp3) is 0.103. The van der Waals surface area contributed by atoms with Crippen molar-refractivity contribution in [3.63, 3.8) is 0 Å². The summed E-state index contributed by atoms with van der Waals surface area (Å²) in [6, 6.07) is 74.2. The fourth-order valence-electron chi connectivity index (χ4n) is 10.2. The van der Waals surface area contributed by atoms with E-state index in [9.17, 15) is 0 Å².